The van der Waals surface area contributed by atoms with Crippen LogP contribution in [0.25, 0.3) is 0 Å². The normalized spacial score (nSPS) is 19.1. The van der Waals surface area contributed by atoms with E-state index in [1.165, 1.54) is 0 Å². The van der Waals surface area contributed by atoms with Crippen LogP contribution in [0.5, 0.6) is 0 Å². The smallest absolute Gasteiger partial charge is 0.158 e. The molecule has 1 aromatic rings. The molecule has 3 nitrogen and oxygen atoms in total. The zero-order valence-electron chi connectivity index (χ0n) is 10.1. The van der Waals surface area contributed by atoms with Crippen molar-refractivity contribution in [1.82, 2.24) is 0 Å². The summed E-state index contributed by atoms with van der Waals surface area (Å²) in [6, 6.07) is 7.80. The third-order valence-electron chi connectivity index (χ3n) is 2.77. The summed E-state index contributed by atoms with van der Waals surface area (Å²) < 4.78 is 23.0. The summed E-state index contributed by atoms with van der Waals surface area (Å²) in [5.41, 5.74) is 1.08. The molecule has 2 rings (SSSR count). The van der Waals surface area contributed by atoms with Gasteiger partial charge in [-0.3, -0.25) is 4.21 Å². The Kier molecular flexibility index (Phi) is 4.71. The van der Waals surface area contributed by atoms with Crippen molar-refractivity contribution in [2.75, 3.05) is 19.0 Å². The fraction of sp³-hybridized carbons (Fsp3) is 0.538. The summed E-state index contributed by atoms with van der Waals surface area (Å²) in [5.74, 6) is 0.593. The van der Waals surface area contributed by atoms with E-state index in [9.17, 15) is 4.21 Å². The maximum atomic E-state index is 12.1. The number of ether oxygens (including phenoxy) is 2. The molecule has 4 heteroatoms. The van der Waals surface area contributed by atoms with Gasteiger partial charge in [0.15, 0.2) is 6.29 Å². The van der Waals surface area contributed by atoms with Gasteiger partial charge in [-0.15, -0.1) is 0 Å². The van der Waals surface area contributed by atoms with Crippen molar-refractivity contribution in [1.29, 1.82) is 0 Å². The van der Waals surface area contributed by atoms with Crippen LogP contribution in [0.1, 0.15) is 18.4 Å². The molecule has 0 bridgehead atoms. The van der Waals surface area contributed by atoms with Gasteiger partial charge in [0, 0.05) is 17.1 Å². The summed E-state index contributed by atoms with van der Waals surface area (Å²) in [6.07, 6.45) is 1.48. The third-order valence-corrected chi connectivity index (χ3v) is 4.33. The molecule has 0 saturated carbocycles. The molecule has 0 N–H and O–H groups in total. The number of benzene rings is 1. The van der Waals surface area contributed by atoms with E-state index in [1.54, 1.807) is 0 Å². The van der Waals surface area contributed by atoms with Crippen LogP contribution in [0.2, 0.25) is 0 Å². The molecule has 17 heavy (non-hydrogen) atoms. The summed E-state index contributed by atoms with van der Waals surface area (Å²) in [6.45, 7) is 3.49. The molecule has 0 aliphatic carbocycles. The van der Waals surface area contributed by atoms with E-state index in [4.69, 9.17) is 9.47 Å². The van der Waals surface area contributed by atoms with Crippen molar-refractivity contribution in [2.45, 2.75) is 31.0 Å². The van der Waals surface area contributed by atoms with Crippen molar-refractivity contribution in [2.24, 2.45) is 0 Å². The van der Waals surface area contributed by atoms with Crippen LogP contribution in [-0.4, -0.2) is 29.5 Å². The van der Waals surface area contributed by atoms with E-state index in [2.05, 4.69) is 0 Å². The third kappa shape index (κ3) is 3.63. The first-order chi connectivity index (χ1) is 8.27. The average Bonchev–Trinajstić information content (AvgIpc) is 2.38. The molecule has 1 heterocycles. The highest BCUT2D eigenvalue weighted by Gasteiger charge is 2.16. The second-order valence-corrected chi connectivity index (χ2v) is 5.67. The second kappa shape index (κ2) is 6.28. The predicted molar refractivity (Wildman–Crippen MR) is 67.4 cm³/mol. The van der Waals surface area contributed by atoms with E-state index in [0.29, 0.717) is 12.2 Å². The Hall–Kier alpha value is -0.710. The average molecular weight is 254 g/mol. The SMILES string of the molecule is Cc1ccccc1S(=O)CCC1OCCCO1. The van der Waals surface area contributed by atoms with E-state index in [-0.39, 0.29) is 6.29 Å². The Balaban J connectivity index is 1.87. The Morgan fingerprint density at radius 3 is 2.71 bits per heavy atom. The molecule has 0 spiro atoms. The first-order valence-corrected chi connectivity index (χ1v) is 7.26. The molecule has 0 amide bonds. The molecule has 1 aromatic carbocycles. The van der Waals surface area contributed by atoms with E-state index >= 15 is 0 Å². The van der Waals surface area contributed by atoms with Gasteiger partial charge in [0.1, 0.15) is 0 Å². The molecule has 0 radical (unpaired) electrons. The number of rotatable bonds is 4. The highest BCUT2D eigenvalue weighted by atomic mass is 32.2. The zero-order valence-corrected chi connectivity index (χ0v) is 10.9. The van der Waals surface area contributed by atoms with Crippen LogP contribution in [0, 0.1) is 6.92 Å². The summed E-state index contributed by atoms with van der Waals surface area (Å²) in [7, 11) is -0.957. The second-order valence-electron chi connectivity index (χ2n) is 4.13. The molecule has 1 aliphatic heterocycles. The maximum Gasteiger partial charge on any atom is 0.158 e. The van der Waals surface area contributed by atoms with Crippen molar-refractivity contribution >= 4 is 10.8 Å². The molecular weight excluding hydrogens is 236 g/mol. The van der Waals surface area contributed by atoms with Crippen molar-refractivity contribution in [3.05, 3.63) is 29.8 Å². The lowest BCUT2D eigenvalue weighted by molar-refractivity contribution is -0.178. The highest BCUT2D eigenvalue weighted by Crippen LogP contribution is 2.15. The Morgan fingerprint density at radius 1 is 1.29 bits per heavy atom. The molecule has 0 aromatic heterocycles. The van der Waals surface area contributed by atoms with Gasteiger partial charge in [-0.25, -0.2) is 0 Å². The van der Waals surface area contributed by atoms with Crippen LogP contribution in [-0.2, 0) is 20.3 Å². The minimum absolute atomic E-state index is 0.170. The van der Waals surface area contributed by atoms with Gasteiger partial charge in [-0.1, -0.05) is 18.2 Å². The van der Waals surface area contributed by atoms with Gasteiger partial charge >= 0.3 is 0 Å². The molecule has 1 aliphatic rings. The van der Waals surface area contributed by atoms with Gasteiger partial charge in [0.05, 0.1) is 24.0 Å². The summed E-state index contributed by atoms with van der Waals surface area (Å²) >= 11 is 0. The van der Waals surface area contributed by atoms with Crippen LogP contribution < -0.4 is 0 Å². The lowest BCUT2D eigenvalue weighted by atomic mass is 10.2. The molecule has 94 valence electrons. The van der Waals surface area contributed by atoms with Crippen molar-refractivity contribution in [3.63, 3.8) is 0 Å². The largest absolute Gasteiger partial charge is 0.353 e. The first-order valence-electron chi connectivity index (χ1n) is 5.94. The van der Waals surface area contributed by atoms with Gasteiger partial charge in [-0.2, -0.15) is 0 Å². The zero-order chi connectivity index (χ0) is 12.1. The number of aryl methyl sites for hydroxylation is 1. The van der Waals surface area contributed by atoms with Gasteiger partial charge in [-0.05, 0) is 25.0 Å². The Bertz CT molecular complexity index is 386. The number of hydrogen-bond donors (Lipinski definition) is 0. The quantitative estimate of drug-likeness (QED) is 0.826. The molecule has 1 unspecified atom stereocenters. The van der Waals surface area contributed by atoms with Gasteiger partial charge in [0.25, 0.3) is 0 Å². The van der Waals surface area contributed by atoms with E-state index < -0.39 is 10.8 Å². The Labute approximate surface area is 105 Å². The molecule has 1 atom stereocenters. The van der Waals surface area contributed by atoms with Crippen molar-refractivity contribution < 1.29 is 13.7 Å². The minimum atomic E-state index is -0.957. The monoisotopic (exact) mass is 254 g/mol. The standard InChI is InChI=1S/C13H18O3S/c1-11-5-2-3-6-12(11)17(14)10-7-13-15-8-4-9-16-13/h2-3,5-6,13H,4,7-10H2,1H3. The summed E-state index contributed by atoms with van der Waals surface area (Å²) in [4.78, 5) is 0.920. The highest BCUT2D eigenvalue weighted by molar-refractivity contribution is 7.85. The number of hydrogen-bond acceptors (Lipinski definition) is 3. The fourth-order valence-corrected chi connectivity index (χ4v) is 3.11. The molecular formula is C13H18O3S. The first kappa shape index (κ1) is 12.7. The molecule has 1 saturated heterocycles. The van der Waals surface area contributed by atoms with Crippen LogP contribution >= 0.6 is 0 Å². The van der Waals surface area contributed by atoms with Crippen LogP contribution in [0.3, 0.4) is 0 Å². The van der Waals surface area contributed by atoms with Crippen LogP contribution in [0.15, 0.2) is 29.2 Å². The topological polar surface area (TPSA) is 35.5 Å². The fourth-order valence-electron chi connectivity index (χ4n) is 1.83. The predicted octanol–water partition coefficient (Wildman–Crippen LogP) is 2.26. The lowest BCUT2D eigenvalue weighted by Crippen LogP contribution is -2.26. The lowest BCUT2D eigenvalue weighted by Gasteiger charge is -2.22. The van der Waals surface area contributed by atoms with E-state index in [1.807, 2.05) is 31.2 Å². The Morgan fingerprint density at radius 2 is 2.00 bits per heavy atom. The molecule has 1 fully saturated rings. The van der Waals surface area contributed by atoms with Gasteiger partial charge in [0.2, 0.25) is 0 Å². The van der Waals surface area contributed by atoms with E-state index in [0.717, 1.165) is 30.1 Å². The van der Waals surface area contributed by atoms with Crippen LogP contribution in [0.4, 0.5) is 0 Å². The summed E-state index contributed by atoms with van der Waals surface area (Å²) in [5, 5.41) is 0. The maximum absolute atomic E-state index is 12.1. The van der Waals surface area contributed by atoms with Crippen molar-refractivity contribution in [3.8, 4) is 0 Å². The van der Waals surface area contributed by atoms with Gasteiger partial charge < -0.3 is 9.47 Å². The minimum Gasteiger partial charge on any atom is -0.353 e.